The molecule has 1 N–H and O–H groups in total. The van der Waals surface area contributed by atoms with Gasteiger partial charge in [0, 0.05) is 43.6 Å². The first-order valence-corrected chi connectivity index (χ1v) is 14.4. The van der Waals surface area contributed by atoms with Gasteiger partial charge in [-0.15, -0.1) is 0 Å². The Kier molecular flexibility index (Phi) is 5.87. The summed E-state index contributed by atoms with van der Waals surface area (Å²) in [6.45, 7) is 10.4. The monoisotopic (exact) mass is 437 g/mol. The summed E-state index contributed by atoms with van der Waals surface area (Å²) in [7, 11) is -1.14. The Hall–Kier alpha value is -2.34. The SMILES string of the molecule is Cc1ccc(-c2ccc(-c3ccnc4[nH]ccc34)n2COCC[Si](C)(C)C)c(Cl)c1. The number of halogens is 1. The third-order valence-electron chi connectivity index (χ3n) is 5.33. The lowest BCUT2D eigenvalue weighted by Crippen LogP contribution is -2.22. The molecule has 6 heteroatoms. The highest BCUT2D eigenvalue weighted by molar-refractivity contribution is 6.76. The van der Waals surface area contributed by atoms with Crippen LogP contribution < -0.4 is 0 Å². The Morgan fingerprint density at radius 3 is 2.53 bits per heavy atom. The molecule has 0 aliphatic rings. The van der Waals surface area contributed by atoms with E-state index in [1.54, 1.807) is 0 Å². The summed E-state index contributed by atoms with van der Waals surface area (Å²) in [5.41, 5.74) is 6.34. The Bertz CT molecular complexity index is 1170. The molecule has 3 aromatic heterocycles. The van der Waals surface area contributed by atoms with Crippen molar-refractivity contribution in [3.63, 3.8) is 0 Å². The summed E-state index contributed by atoms with van der Waals surface area (Å²) < 4.78 is 8.39. The van der Waals surface area contributed by atoms with Crippen LogP contribution in [0.4, 0.5) is 0 Å². The molecule has 0 amide bonds. The number of rotatable bonds is 7. The quantitative estimate of drug-likeness (QED) is 0.250. The molecule has 3 heterocycles. The fraction of sp³-hybridized carbons (Fsp3) is 0.292. The number of nitrogens with zero attached hydrogens (tertiary/aromatic N) is 2. The van der Waals surface area contributed by atoms with Crippen molar-refractivity contribution in [2.75, 3.05) is 6.61 Å². The van der Waals surface area contributed by atoms with E-state index in [0.29, 0.717) is 6.73 Å². The lowest BCUT2D eigenvalue weighted by molar-refractivity contribution is 0.0896. The van der Waals surface area contributed by atoms with E-state index in [0.717, 1.165) is 56.8 Å². The van der Waals surface area contributed by atoms with Crippen molar-refractivity contribution in [1.29, 1.82) is 0 Å². The minimum absolute atomic E-state index is 0.487. The van der Waals surface area contributed by atoms with Crippen LogP contribution in [-0.4, -0.2) is 29.2 Å². The number of ether oxygens (including phenoxy) is 1. The highest BCUT2D eigenvalue weighted by Crippen LogP contribution is 2.35. The largest absolute Gasteiger partial charge is 0.361 e. The molecule has 156 valence electrons. The Morgan fingerprint density at radius 1 is 1.03 bits per heavy atom. The second kappa shape index (κ2) is 8.42. The number of nitrogens with one attached hydrogen (secondary N) is 1. The van der Waals surface area contributed by atoms with Crippen LogP contribution in [0.2, 0.25) is 30.7 Å². The third-order valence-corrected chi connectivity index (χ3v) is 7.35. The molecule has 0 unspecified atom stereocenters. The number of aromatic amines is 1. The smallest absolute Gasteiger partial charge is 0.137 e. The van der Waals surface area contributed by atoms with E-state index in [-0.39, 0.29) is 0 Å². The molecule has 30 heavy (non-hydrogen) atoms. The van der Waals surface area contributed by atoms with Crippen molar-refractivity contribution in [1.82, 2.24) is 14.5 Å². The number of fused-ring (bicyclic) bond motifs is 1. The van der Waals surface area contributed by atoms with E-state index in [4.69, 9.17) is 16.3 Å². The number of pyridine rings is 1. The zero-order valence-electron chi connectivity index (χ0n) is 18.0. The Balaban J connectivity index is 1.76. The number of aromatic nitrogens is 3. The second-order valence-corrected chi connectivity index (χ2v) is 15.0. The molecule has 0 spiro atoms. The van der Waals surface area contributed by atoms with Crippen molar-refractivity contribution >= 4 is 30.7 Å². The molecule has 0 saturated heterocycles. The molecule has 4 rings (SSSR count). The molecule has 0 fully saturated rings. The molecule has 0 aliphatic heterocycles. The van der Waals surface area contributed by atoms with Gasteiger partial charge in [0.2, 0.25) is 0 Å². The van der Waals surface area contributed by atoms with E-state index in [1.165, 1.54) is 0 Å². The van der Waals surface area contributed by atoms with E-state index < -0.39 is 8.07 Å². The number of H-pyrrole nitrogens is 1. The van der Waals surface area contributed by atoms with Gasteiger partial charge in [0.25, 0.3) is 0 Å². The average Bonchev–Trinajstić information content (AvgIpc) is 3.31. The standard InChI is InChI=1S/C24H28ClN3OSi/c1-17-5-6-20(21(25)15-17)23-8-7-22(28(23)16-29-13-14-30(2,3)4)18-9-11-26-24-19(18)10-12-27-24/h5-12,15H,13-14,16H2,1-4H3,(H,26,27). The van der Waals surface area contributed by atoms with Crippen LogP contribution in [0.1, 0.15) is 5.56 Å². The van der Waals surface area contributed by atoms with Crippen molar-refractivity contribution in [3.8, 4) is 22.5 Å². The van der Waals surface area contributed by atoms with Crippen molar-refractivity contribution in [2.24, 2.45) is 0 Å². The second-order valence-electron chi connectivity index (χ2n) is 8.96. The highest BCUT2D eigenvalue weighted by atomic mass is 35.5. The maximum absolute atomic E-state index is 6.63. The molecule has 0 radical (unpaired) electrons. The molecular formula is C24H28ClN3OSi. The lowest BCUT2D eigenvalue weighted by atomic mass is 10.1. The zero-order chi connectivity index (χ0) is 21.3. The molecule has 0 atom stereocenters. The van der Waals surface area contributed by atoms with Crippen LogP contribution in [0, 0.1) is 6.92 Å². The maximum Gasteiger partial charge on any atom is 0.137 e. The summed E-state index contributed by atoms with van der Waals surface area (Å²) in [6.07, 6.45) is 3.77. The molecule has 0 aliphatic carbocycles. The van der Waals surface area contributed by atoms with Crippen LogP contribution in [-0.2, 0) is 11.5 Å². The van der Waals surface area contributed by atoms with Crippen LogP contribution >= 0.6 is 11.6 Å². The summed E-state index contributed by atoms with van der Waals surface area (Å²) >= 11 is 6.63. The first-order valence-electron chi connectivity index (χ1n) is 10.3. The van der Waals surface area contributed by atoms with Crippen molar-refractivity contribution in [2.45, 2.75) is 39.3 Å². The molecule has 4 nitrogen and oxygen atoms in total. The van der Waals surface area contributed by atoms with Gasteiger partial charge in [-0.1, -0.05) is 43.4 Å². The number of hydrogen-bond donors (Lipinski definition) is 1. The van der Waals surface area contributed by atoms with Gasteiger partial charge in [0.05, 0.1) is 16.4 Å². The number of hydrogen-bond acceptors (Lipinski definition) is 2. The minimum Gasteiger partial charge on any atom is -0.361 e. The summed E-state index contributed by atoms with van der Waals surface area (Å²) in [6, 6.07) is 15.7. The predicted octanol–water partition coefficient (Wildman–Crippen LogP) is 6.97. The minimum atomic E-state index is -1.14. The van der Waals surface area contributed by atoms with Crippen LogP contribution in [0.15, 0.2) is 54.9 Å². The fourth-order valence-corrected chi connectivity index (χ4v) is 4.71. The van der Waals surface area contributed by atoms with Gasteiger partial charge >= 0.3 is 0 Å². The molecular weight excluding hydrogens is 410 g/mol. The third kappa shape index (κ3) is 4.38. The van der Waals surface area contributed by atoms with Gasteiger partial charge < -0.3 is 14.3 Å². The topological polar surface area (TPSA) is 42.8 Å². The lowest BCUT2D eigenvalue weighted by Gasteiger charge is -2.18. The van der Waals surface area contributed by atoms with Crippen LogP contribution in [0.3, 0.4) is 0 Å². The van der Waals surface area contributed by atoms with E-state index >= 15 is 0 Å². The molecule has 0 saturated carbocycles. The van der Waals surface area contributed by atoms with Gasteiger partial charge in [-0.2, -0.15) is 0 Å². The van der Waals surface area contributed by atoms with E-state index in [9.17, 15) is 0 Å². The van der Waals surface area contributed by atoms with E-state index in [2.05, 4.69) is 77.5 Å². The Morgan fingerprint density at radius 2 is 1.80 bits per heavy atom. The molecule has 1 aromatic carbocycles. The van der Waals surface area contributed by atoms with Gasteiger partial charge in [-0.05, 0) is 48.9 Å². The average molecular weight is 438 g/mol. The van der Waals surface area contributed by atoms with Crippen molar-refractivity contribution in [3.05, 3.63) is 65.4 Å². The normalized spacial score (nSPS) is 12.0. The molecule has 0 bridgehead atoms. The maximum atomic E-state index is 6.63. The highest BCUT2D eigenvalue weighted by Gasteiger charge is 2.17. The zero-order valence-corrected chi connectivity index (χ0v) is 19.8. The van der Waals surface area contributed by atoms with Crippen molar-refractivity contribution < 1.29 is 4.74 Å². The first-order chi connectivity index (χ1) is 14.3. The van der Waals surface area contributed by atoms with Gasteiger partial charge in [0.1, 0.15) is 12.4 Å². The van der Waals surface area contributed by atoms with Gasteiger partial charge in [-0.3, -0.25) is 0 Å². The van der Waals surface area contributed by atoms with Gasteiger partial charge in [-0.25, -0.2) is 4.98 Å². The van der Waals surface area contributed by atoms with Crippen LogP contribution in [0.25, 0.3) is 33.5 Å². The summed E-state index contributed by atoms with van der Waals surface area (Å²) in [4.78, 5) is 7.64. The summed E-state index contributed by atoms with van der Waals surface area (Å²) in [5, 5.41) is 1.85. The van der Waals surface area contributed by atoms with E-state index in [1.807, 2.05) is 18.5 Å². The predicted molar refractivity (Wildman–Crippen MR) is 129 cm³/mol. The fourth-order valence-electron chi connectivity index (χ4n) is 3.62. The molecule has 4 aromatic rings. The summed E-state index contributed by atoms with van der Waals surface area (Å²) in [5.74, 6) is 0. The number of benzene rings is 1. The van der Waals surface area contributed by atoms with Gasteiger partial charge in [0.15, 0.2) is 0 Å². The van der Waals surface area contributed by atoms with Crippen LogP contribution in [0.5, 0.6) is 0 Å². The Labute approximate surface area is 183 Å². The number of aryl methyl sites for hydroxylation is 1. The first kappa shape index (κ1) is 20.9.